The van der Waals surface area contributed by atoms with Crippen LogP contribution in [0.2, 0.25) is 0 Å². The van der Waals surface area contributed by atoms with E-state index in [2.05, 4.69) is 0 Å². The van der Waals surface area contributed by atoms with Gasteiger partial charge in [0.1, 0.15) is 11.5 Å². The van der Waals surface area contributed by atoms with Crippen molar-refractivity contribution in [3.05, 3.63) is 59.7 Å². The van der Waals surface area contributed by atoms with Crippen molar-refractivity contribution in [1.29, 1.82) is 0 Å². The Bertz CT molecular complexity index is 664. The molecule has 23 heavy (non-hydrogen) atoms. The van der Waals surface area contributed by atoms with Gasteiger partial charge in [-0.25, -0.2) is 0 Å². The molecule has 0 saturated heterocycles. The minimum absolute atomic E-state index is 0.00518. The van der Waals surface area contributed by atoms with Gasteiger partial charge in [0, 0.05) is 0 Å². The fourth-order valence-electron chi connectivity index (χ4n) is 2.16. The molecule has 0 N–H and O–H groups in total. The first-order valence-corrected chi connectivity index (χ1v) is 7.62. The lowest BCUT2D eigenvalue weighted by molar-refractivity contribution is 0.101. The van der Waals surface area contributed by atoms with Crippen molar-refractivity contribution in [2.75, 3.05) is 13.2 Å². The summed E-state index contributed by atoms with van der Waals surface area (Å²) in [6.45, 7) is 2.56. The van der Waals surface area contributed by atoms with E-state index >= 15 is 0 Å². The topological polar surface area (TPSA) is 52.6 Å². The maximum absolute atomic E-state index is 11.5. The molecule has 0 saturated carbocycles. The fourth-order valence-corrected chi connectivity index (χ4v) is 2.16. The van der Waals surface area contributed by atoms with E-state index in [9.17, 15) is 9.59 Å². The molecule has 0 atom stereocenters. The van der Waals surface area contributed by atoms with Gasteiger partial charge in [0.15, 0.2) is 12.1 Å². The molecule has 0 amide bonds. The van der Waals surface area contributed by atoms with Crippen molar-refractivity contribution in [2.45, 2.75) is 19.8 Å². The molecule has 120 valence electrons. The maximum atomic E-state index is 11.5. The molecule has 0 spiro atoms. The molecule has 0 aromatic heterocycles. The van der Waals surface area contributed by atoms with Crippen LogP contribution in [0.15, 0.2) is 48.5 Å². The number of Topliss-reactive ketones (excluding diaryl/α,β-unsaturated/α-hetero) is 1. The summed E-state index contributed by atoms with van der Waals surface area (Å²) in [5.74, 6) is 1.21. The molecule has 0 heterocycles. The van der Waals surface area contributed by atoms with Gasteiger partial charge in [-0.2, -0.15) is 0 Å². The highest BCUT2D eigenvalue weighted by Crippen LogP contribution is 2.19. The maximum Gasteiger partial charge on any atom is 0.163 e. The van der Waals surface area contributed by atoms with Crippen LogP contribution in [-0.4, -0.2) is 25.3 Å². The van der Waals surface area contributed by atoms with E-state index in [0.717, 1.165) is 19.1 Å². The third-order valence-corrected chi connectivity index (χ3v) is 3.37. The van der Waals surface area contributed by atoms with Gasteiger partial charge in [-0.3, -0.25) is 9.59 Å². The Morgan fingerprint density at radius 3 is 2.13 bits per heavy atom. The van der Waals surface area contributed by atoms with E-state index in [0.29, 0.717) is 35.8 Å². The zero-order valence-electron chi connectivity index (χ0n) is 13.2. The highest BCUT2D eigenvalue weighted by molar-refractivity contribution is 5.96. The lowest BCUT2D eigenvalue weighted by Gasteiger charge is -2.10. The van der Waals surface area contributed by atoms with Crippen LogP contribution in [0.5, 0.6) is 11.5 Å². The van der Waals surface area contributed by atoms with Gasteiger partial charge in [0.05, 0.1) is 24.3 Å². The summed E-state index contributed by atoms with van der Waals surface area (Å²) in [6.07, 6.45) is 2.39. The first kappa shape index (κ1) is 16.7. The molecule has 2 aromatic carbocycles. The number of para-hydroxylation sites is 2. The Morgan fingerprint density at radius 2 is 1.48 bits per heavy atom. The van der Waals surface area contributed by atoms with E-state index in [4.69, 9.17) is 9.47 Å². The second-order valence-electron chi connectivity index (χ2n) is 5.11. The minimum atomic E-state index is -0.00518. The summed E-state index contributed by atoms with van der Waals surface area (Å²) >= 11 is 0. The Balaban J connectivity index is 1.72. The third kappa shape index (κ3) is 4.95. The van der Waals surface area contributed by atoms with Crippen molar-refractivity contribution in [2.24, 2.45) is 0 Å². The minimum Gasteiger partial charge on any atom is -0.493 e. The lowest BCUT2D eigenvalue weighted by Crippen LogP contribution is -2.05. The number of ether oxygens (including phenoxy) is 2. The van der Waals surface area contributed by atoms with Gasteiger partial charge in [0.2, 0.25) is 0 Å². The molecule has 0 unspecified atom stereocenters. The molecular weight excluding hydrogens is 292 g/mol. The van der Waals surface area contributed by atoms with Crippen LogP contribution in [-0.2, 0) is 0 Å². The van der Waals surface area contributed by atoms with Crippen molar-refractivity contribution < 1.29 is 19.1 Å². The molecule has 2 rings (SSSR count). The predicted octanol–water partition coefficient (Wildman–Crippen LogP) is 3.94. The van der Waals surface area contributed by atoms with Gasteiger partial charge in [0.25, 0.3) is 0 Å². The standard InChI is InChI=1S/C19H20O4/c1-15(21)17-9-3-5-11-19(17)23-13-7-6-12-22-18-10-4-2-8-16(18)14-20/h2-5,8-11,14H,6-7,12-13H2,1H3. The van der Waals surface area contributed by atoms with Crippen molar-refractivity contribution >= 4 is 12.1 Å². The highest BCUT2D eigenvalue weighted by atomic mass is 16.5. The summed E-state index contributed by atoms with van der Waals surface area (Å²) in [6, 6.07) is 14.4. The summed E-state index contributed by atoms with van der Waals surface area (Å²) in [7, 11) is 0. The fraction of sp³-hybridized carbons (Fsp3) is 0.263. The molecule has 0 aliphatic carbocycles. The average Bonchev–Trinajstić information content (AvgIpc) is 2.58. The molecule has 0 radical (unpaired) electrons. The number of hydrogen-bond donors (Lipinski definition) is 0. The predicted molar refractivity (Wildman–Crippen MR) is 88.5 cm³/mol. The van der Waals surface area contributed by atoms with Crippen LogP contribution >= 0.6 is 0 Å². The largest absolute Gasteiger partial charge is 0.493 e. The molecule has 2 aromatic rings. The normalized spacial score (nSPS) is 10.1. The number of hydrogen-bond acceptors (Lipinski definition) is 4. The smallest absolute Gasteiger partial charge is 0.163 e. The number of ketones is 1. The highest BCUT2D eigenvalue weighted by Gasteiger charge is 2.07. The summed E-state index contributed by atoms with van der Waals surface area (Å²) in [4.78, 5) is 22.4. The van der Waals surface area contributed by atoms with E-state index < -0.39 is 0 Å². The molecule has 4 heteroatoms. The SMILES string of the molecule is CC(=O)c1ccccc1OCCCCOc1ccccc1C=O. The van der Waals surface area contributed by atoms with Crippen molar-refractivity contribution in [1.82, 2.24) is 0 Å². The van der Waals surface area contributed by atoms with Gasteiger partial charge < -0.3 is 9.47 Å². The number of carbonyl (C=O) groups is 2. The van der Waals surface area contributed by atoms with E-state index in [-0.39, 0.29) is 5.78 Å². The lowest BCUT2D eigenvalue weighted by atomic mass is 10.1. The first-order chi connectivity index (χ1) is 11.2. The van der Waals surface area contributed by atoms with Gasteiger partial charge in [-0.1, -0.05) is 24.3 Å². The molecular formula is C19H20O4. The summed E-state index contributed by atoms with van der Waals surface area (Å²) in [5.41, 5.74) is 1.16. The zero-order valence-corrected chi connectivity index (χ0v) is 13.2. The molecule has 4 nitrogen and oxygen atoms in total. The molecule has 0 fully saturated rings. The van der Waals surface area contributed by atoms with Crippen LogP contribution in [0.3, 0.4) is 0 Å². The van der Waals surface area contributed by atoms with Crippen LogP contribution in [0.25, 0.3) is 0 Å². The number of rotatable bonds is 9. The van der Waals surface area contributed by atoms with Crippen molar-refractivity contribution in [3.63, 3.8) is 0 Å². The monoisotopic (exact) mass is 312 g/mol. The van der Waals surface area contributed by atoms with Crippen LogP contribution in [0.4, 0.5) is 0 Å². The van der Waals surface area contributed by atoms with Crippen molar-refractivity contribution in [3.8, 4) is 11.5 Å². The summed E-state index contributed by atoms with van der Waals surface area (Å²) < 4.78 is 11.3. The molecule has 0 aliphatic heterocycles. The number of carbonyl (C=O) groups excluding carboxylic acids is 2. The Morgan fingerprint density at radius 1 is 0.913 bits per heavy atom. The van der Waals surface area contributed by atoms with E-state index in [1.54, 1.807) is 30.3 Å². The van der Waals surface area contributed by atoms with E-state index in [1.165, 1.54) is 6.92 Å². The van der Waals surface area contributed by atoms with Crippen LogP contribution in [0, 0.1) is 0 Å². The third-order valence-electron chi connectivity index (χ3n) is 3.37. The quantitative estimate of drug-likeness (QED) is 0.400. The molecule has 0 aliphatic rings. The van der Waals surface area contributed by atoms with Gasteiger partial charge in [-0.15, -0.1) is 0 Å². The Hall–Kier alpha value is -2.62. The van der Waals surface area contributed by atoms with Crippen LogP contribution in [0.1, 0.15) is 40.5 Å². The van der Waals surface area contributed by atoms with Gasteiger partial charge in [-0.05, 0) is 44.0 Å². The average molecular weight is 312 g/mol. The molecule has 0 bridgehead atoms. The number of aldehydes is 1. The number of unbranched alkanes of at least 4 members (excludes halogenated alkanes) is 1. The second kappa shape index (κ2) is 8.73. The van der Waals surface area contributed by atoms with Gasteiger partial charge >= 0.3 is 0 Å². The zero-order chi connectivity index (χ0) is 16.5. The Labute approximate surface area is 136 Å². The van der Waals surface area contributed by atoms with E-state index in [1.807, 2.05) is 18.2 Å². The van der Waals surface area contributed by atoms with Crippen LogP contribution < -0.4 is 9.47 Å². The number of benzene rings is 2. The first-order valence-electron chi connectivity index (χ1n) is 7.62. The second-order valence-corrected chi connectivity index (χ2v) is 5.11. The summed E-state index contributed by atoms with van der Waals surface area (Å²) in [5, 5.41) is 0. The Kier molecular flexibility index (Phi) is 6.36.